The quantitative estimate of drug-likeness (QED) is 0.709. The van der Waals surface area contributed by atoms with Gasteiger partial charge < -0.3 is 19.9 Å². The largest absolute Gasteiger partial charge is 0.382 e. The molecule has 0 fully saturated rings. The van der Waals surface area contributed by atoms with Crippen LogP contribution in [0.1, 0.15) is 42.3 Å². The lowest BCUT2D eigenvalue weighted by molar-refractivity contribution is 0.145. The summed E-state index contributed by atoms with van der Waals surface area (Å²) in [5.41, 5.74) is 2.42. The molecule has 0 aliphatic carbocycles. The minimum absolute atomic E-state index is 0.0563. The Balaban J connectivity index is 1.99. The van der Waals surface area contributed by atoms with Crippen LogP contribution in [0.25, 0.3) is 5.00 Å². The summed E-state index contributed by atoms with van der Waals surface area (Å²) in [6, 6.07) is 3.83. The van der Waals surface area contributed by atoms with Crippen LogP contribution in [0.2, 0.25) is 0 Å². The minimum Gasteiger partial charge on any atom is -0.382 e. The number of aryl methyl sites for hydroxylation is 1. The maximum absolute atomic E-state index is 12.1. The second-order valence-electron chi connectivity index (χ2n) is 5.76. The summed E-state index contributed by atoms with van der Waals surface area (Å²) in [6.07, 6.45) is 4.89. The first-order valence-corrected chi connectivity index (χ1v) is 9.21. The highest BCUT2D eigenvalue weighted by Gasteiger charge is 2.20. The average molecular weight is 350 g/mol. The number of urea groups is 1. The fourth-order valence-electron chi connectivity index (χ4n) is 2.64. The van der Waals surface area contributed by atoms with E-state index >= 15 is 0 Å². The summed E-state index contributed by atoms with van der Waals surface area (Å²) >= 11 is 1.76. The van der Waals surface area contributed by atoms with Crippen molar-refractivity contribution in [2.75, 3.05) is 19.8 Å². The molecule has 1 atom stereocenters. The van der Waals surface area contributed by atoms with Crippen LogP contribution in [0.15, 0.2) is 24.5 Å². The fraction of sp³-hybridized carbons (Fsp3) is 0.500. The Bertz CT molecular complexity index is 650. The van der Waals surface area contributed by atoms with Crippen LogP contribution in [-0.2, 0) is 4.74 Å². The number of nitrogens with zero attached hydrogens (tertiary/aromatic N) is 1. The second kappa shape index (κ2) is 8.89. The fourth-order valence-corrected chi connectivity index (χ4v) is 3.86. The number of nitrogens with one attached hydrogen (secondary N) is 2. The summed E-state index contributed by atoms with van der Waals surface area (Å²) in [5.74, 6) is 0. The minimum atomic E-state index is -0.138. The average Bonchev–Trinajstić information content (AvgIpc) is 3.16. The molecule has 5 nitrogen and oxygen atoms in total. The van der Waals surface area contributed by atoms with Gasteiger partial charge in [0.25, 0.3) is 0 Å². The molecule has 132 valence electrons. The second-order valence-corrected chi connectivity index (χ2v) is 6.97. The van der Waals surface area contributed by atoms with Gasteiger partial charge in [-0.15, -0.1) is 11.3 Å². The number of rotatable bonds is 8. The first-order valence-electron chi connectivity index (χ1n) is 8.40. The molecule has 0 bridgehead atoms. The molecule has 24 heavy (non-hydrogen) atoms. The van der Waals surface area contributed by atoms with Crippen molar-refractivity contribution < 1.29 is 9.53 Å². The van der Waals surface area contributed by atoms with E-state index in [2.05, 4.69) is 29.0 Å². The smallest absolute Gasteiger partial charge is 0.315 e. The first kappa shape index (κ1) is 18.5. The molecule has 0 aliphatic heterocycles. The third kappa shape index (κ3) is 4.61. The van der Waals surface area contributed by atoms with Gasteiger partial charge in [-0.05, 0) is 51.8 Å². The van der Waals surface area contributed by atoms with Crippen LogP contribution in [0.3, 0.4) is 0 Å². The molecule has 0 radical (unpaired) electrons. The number of thiophene rings is 1. The van der Waals surface area contributed by atoms with Gasteiger partial charge in [0.05, 0.1) is 6.04 Å². The molecule has 2 heterocycles. The monoisotopic (exact) mass is 349 g/mol. The molecule has 0 aliphatic rings. The van der Waals surface area contributed by atoms with Gasteiger partial charge in [0.15, 0.2) is 0 Å². The van der Waals surface area contributed by atoms with E-state index in [-0.39, 0.29) is 12.1 Å². The van der Waals surface area contributed by atoms with Gasteiger partial charge in [-0.1, -0.05) is 0 Å². The van der Waals surface area contributed by atoms with Crippen LogP contribution in [-0.4, -0.2) is 30.4 Å². The number of amides is 2. The lowest BCUT2D eigenvalue weighted by atomic mass is 10.1. The topological polar surface area (TPSA) is 55.3 Å². The molecular weight excluding hydrogens is 322 g/mol. The van der Waals surface area contributed by atoms with Crippen LogP contribution in [0.5, 0.6) is 0 Å². The number of carbonyl (C=O) groups excluding carboxylic acids is 1. The van der Waals surface area contributed by atoms with Crippen molar-refractivity contribution in [3.8, 4) is 5.00 Å². The molecule has 2 rings (SSSR count). The molecule has 2 aromatic rings. The molecular formula is C18H27N3O2S. The third-order valence-electron chi connectivity index (χ3n) is 3.99. The van der Waals surface area contributed by atoms with Crippen molar-refractivity contribution in [1.82, 2.24) is 15.2 Å². The Morgan fingerprint density at radius 3 is 2.71 bits per heavy atom. The van der Waals surface area contributed by atoms with Crippen molar-refractivity contribution in [3.05, 3.63) is 40.5 Å². The van der Waals surface area contributed by atoms with Crippen molar-refractivity contribution >= 4 is 17.4 Å². The SMILES string of the molecule is CCOCCCNC(=O)NC(C)c1c(-n2cccc2)sc(C)c1C. The van der Waals surface area contributed by atoms with Crippen molar-refractivity contribution in [3.63, 3.8) is 0 Å². The number of ether oxygens (including phenoxy) is 1. The van der Waals surface area contributed by atoms with E-state index in [0.717, 1.165) is 6.42 Å². The molecule has 0 spiro atoms. The Morgan fingerprint density at radius 2 is 2.04 bits per heavy atom. The van der Waals surface area contributed by atoms with Crippen LogP contribution in [0.4, 0.5) is 4.79 Å². The maximum atomic E-state index is 12.1. The summed E-state index contributed by atoms with van der Waals surface area (Å²) < 4.78 is 7.38. The van der Waals surface area contributed by atoms with Crippen molar-refractivity contribution in [1.29, 1.82) is 0 Å². The zero-order valence-corrected chi connectivity index (χ0v) is 15.7. The van der Waals surface area contributed by atoms with Crippen LogP contribution >= 0.6 is 11.3 Å². The number of aromatic nitrogens is 1. The van der Waals surface area contributed by atoms with E-state index in [1.165, 1.54) is 21.0 Å². The predicted molar refractivity (Wildman–Crippen MR) is 99.2 cm³/mol. The normalized spacial score (nSPS) is 12.2. The number of hydrogen-bond acceptors (Lipinski definition) is 3. The highest BCUT2D eigenvalue weighted by atomic mass is 32.1. The molecule has 6 heteroatoms. The van der Waals surface area contributed by atoms with Gasteiger partial charge in [0.1, 0.15) is 5.00 Å². The predicted octanol–water partition coefficient (Wildman–Crippen LogP) is 3.94. The van der Waals surface area contributed by atoms with E-state index in [0.29, 0.717) is 19.8 Å². The number of carbonyl (C=O) groups is 1. The molecule has 2 N–H and O–H groups in total. The third-order valence-corrected chi connectivity index (χ3v) is 5.22. The van der Waals surface area contributed by atoms with Gasteiger partial charge in [0.2, 0.25) is 0 Å². The van der Waals surface area contributed by atoms with E-state index in [1.807, 2.05) is 38.4 Å². The Hall–Kier alpha value is -1.79. The van der Waals surface area contributed by atoms with Gasteiger partial charge in [0, 0.05) is 42.6 Å². The summed E-state index contributed by atoms with van der Waals surface area (Å²) in [5, 5.41) is 7.10. The molecule has 0 saturated carbocycles. The Kier molecular flexibility index (Phi) is 6.87. The molecule has 0 saturated heterocycles. The van der Waals surface area contributed by atoms with Crippen LogP contribution < -0.4 is 10.6 Å². The molecule has 1 unspecified atom stereocenters. The van der Waals surface area contributed by atoms with Crippen molar-refractivity contribution in [2.24, 2.45) is 0 Å². The van der Waals surface area contributed by atoms with Gasteiger partial charge in [-0.25, -0.2) is 4.79 Å². The zero-order chi connectivity index (χ0) is 17.5. The highest BCUT2D eigenvalue weighted by molar-refractivity contribution is 7.14. The van der Waals surface area contributed by atoms with Gasteiger partial charge >= 0.3 is 6.03 Å². The van der Waals surface area contributed by atoms with E-state index < -0.39 is 0 Å². The van der Waals surface area contributed by atoms with E-state index in [9.17, 15) is 4.79 Å². The van der Waals surface area contributed by atoms with Crippen molar-refractivity contribution in [2.45, 2.75) is 40.2 Å². The molecule has 0 aromatic carbocycles. The summed E-state index contributed by atoms with van der Waals surface area (Å²) in [7, 11) is 0. The lowest BCUT2D eigenvalue weighted by Gasteiger charge is -2.17. The summed E-state index contributed by atoms with van der Waals surface area (Å²) in [6.45, 7) is 10.2. The maximum Gasteiger partial charge on any atom is 0.315 e. The Morgan fingerprint density at radius 1 is 1.33 bits per heavy atom. The Labute approximate surface area is 148 Å². The highest BCUT2D eigenvalue weighted by Crippen LogP contribution is 2.35. The lowest BCUT2D eigenvalue weighted by Crippen LogP contribution is -2.38. The summed E-state index contributed by atoms with van der Waals surface area (Å²) in [4.78, 5) is 13.4. The molecule has 2 amide bonds. The van der Waals surface area contributed by atoms with E-state index in [1.54, 1.807) is 11.3 Å². The number of hydrogen-bond donors (Lipinski definition) is 2. The standard InChI is InChI=1S/C18H27N3O2S/c1-5-23-12-8-9-19-18(22)20-14(3)16-13(2)15(4)24-17(16)21-10-6-7-11-21/h6-7,10-11,14H,5,8-9,12H2,1-4H3,(H2,19,20,22). The molecule has 2 aromatic heterocycles. The van der Waals surface area contributed by atoms with Gasteiger partial charge in [-0.3, -0.25) is 0 Å². The zero-order valence-electron chi connectivity index (χ0n) is 14.9. The van der Waals surface area contributed by atoms with Gasteiger partial charge in [-0.2, -0.15) is 0 Å². The first-order chi connectivity index (χ1) is 11.5. The van der Waals surface area contributed by atoms with E-state index in [4.69, 9.17) is 4.74 Å². The van der Waals surface area contributed by atoms with Crippen LogP contribution in [0, 0.1) is 13.8 Å².